The van der Waals surface area contributed by atoms with Crippen LogP contribution < -0.4 is 5.32 Å². The maximum atomic E-state index is 11.9. The molecule has 1 saturated heterocycles. The van der Waals surface area contributed by atoms with Crippen LogP contribution in [0.1, 0.15) is 26.7 Å². The summed E-state index contributed by atoms with van der Waals surface area (Å²) in [5.41, 5.74) is 0. The molecule has 2 rings (SSSR count). The summed E-state index contributed by atoms with van der Waals surface area (Å²) >= 11 is 9.87. The van der Waals surface area contributed by atoms with Crippen molar-refractivity contribution in [3.63, 3.8) is 0 Å². The van der Waals surface area contributed by atoms with Gasteiger partial charge < -0.3 is 4.90 Å². The lowest BCUT2D eigenvalue weighted by molar-refractivity contribution is -0.113. The maximum Gasteiger partial charge on any atom is 0.236 e. The molecule has 1 aliphatic heterocycles. The number of aromatic nitrogens is 2. The van der Waals surface area contributed by atoms with Crippen LogP contribution in [0.15, 0.2) is 4.34 Å². The lowest BCUT2D eigenvalue weighted by atomic mass is 10.00. The number of hydrogen-bond donors (Lipinski definition) is 1. The highest BCUT2D eigenvalue weighted by Crippen LogP contribution is 2.25. The van der Waals surface area contributed by atoms with E-state index in [0.29, 0.717) is 10.9 Å². The average Bonchev–Trinajstić information content (AvgIpc) is 2.93. The van der Waals surface area contributed by atoms with Crippen molar-refractivity contribution in [2.75, 3.05) is 29.9 Å². The van der Waals surface area contributed by atoms with Gasteiger partial charge in [-0.1, -0.05) is 60.9 Å². The SMILES string of the molecule is CCSc1nnc(NC(=O)CSC(=S)N2CCC(C)CC2)s1. The van der Waals surface area contributed by atoms with E-state index in [9.17, 15) is 4.79 Å². The van der Waals surface area contributed by atoms with Crippen LogP contribution in [0.4, 0.5) is 5.13 Å². The van der Waals surface area contributed by atoms with Crippen LogP contribution in [-0.2, 0) is 4.79 Å². The monoisotopic (exact) mass is 376 g/mol. The zero-order valence-corrected chi connectivity index (χ0v) is 16.0. The summed E-state index contributed by atoms with van der Waals surface area (Å²) in [5.74, 6) is 1.96. The van der Waals surface area contributed by atoms with Gasteiger partial charge in [0.1, 0.15) is 4.32 Å². The first-order valence-electron chi connectivity index (χ1n) is 7.26. The van der Waals surface area contributed by atoms with Gasteiger partial charge in [-0.3, -0.25) is 10.1 Å². The molecule has 1 aromatic rings. The van der Waals surface area contributed by atoms with Gasteiger partial charge in [-0.2, -0.15) is 0 Å². The Kier molecular flexibility index (Phi) is 7.39. The summed E-state index contributed by atoms with van der Waals surface area (Å²) in [7, 11) is 0. The Bertz CT molecular complexity index is 514. The number of amides is 1. The highest BCUT2D eigenvalue weighted by molar-refractivity contribution is 8.23. The van der Waals surface area contributed by atoms with E-state index in [1.807, 2.05) is 0 Å². The molecule has 0 saturated carbocycles. The third-order valence-corrected chi connectivity index (χ3v) is 6.67. The number of thioether (sulfide) groups is 2. The summed E-state index contributed by atoms with van der Waals surface area (Å²) < 4.78 is 1.70. The molecule has 0 atom stereocenters. The van der Waals surface area contributed by atoms with Crippen LogP contribution in [0.2, 0.25) is 0 Å². The highest BCUT2D eigenvalue weighted by atomic mass is 32.2. The van der Waals surface area contributed by atoms with Crippen molar-refractivity contribution in [3.8, 4) is 0 Å². The third-order valence-electron chi connectivity index (χ3n) is 3.29. The lowest BCUT2D eigenvalue weighted by Gasteiger charge is -2.31. The number of nitrogens with one attached hydrogen (secondary N) is 1. The van der Waals surface area contributed by atoms with Crippen molar-refractivity contribution >= 4 is 62.4 Å². The van der Waals surface area contributed by atoms with Crippen LogP contribution in [0.3, 0.4) is 0 Å². The van der Waals surface area contributed by atoms with E-state index in [0.717, 1.165) is 33.4 Å². The number of thiocarbonyl (C=S) groups is 1. The molecule has 2 heterocycles. The fraction of sp³-hybridized carbons (Fsp3) is 0.692. The number of hydrogen-bond acceptors (Lipinski definition) is 7. The van der Waals surface area contributed by atoms with Gasteiger partial charge in [0.05, 0.1) is 5.75 Å². The molecule has 0 radical (unpaired) electrons. The highest BCUT2D eigenvalue weighted by Gasteiger charge is 2.19. The van der Waals surface area contributed by atoms with Crippen molar-refractivity contribution in [3.05, 3.63) is 0 Å². The Morgan fingerprint density at radius 3 is 2.86 bits per heavy atom. The Morgan fingerprint density at radius 1 is 1.45 bits per heavy atom. The fourth-order valence-corrected chi connectivity index (χ4v) is 4.72. The number of carbonyl (C=O) groups is 1. The van der Waals surface area contributed by atoms with Gasteiger partial charge in [0.25, 0.3) is 0 Å². The third kappa shape index (κ3) is 5.68. The smallest absolute Gasteiger partial charge is 0.236 e. The standard InChI is InChI=1S/C13H20N4OS4/c1-3-20-12-16-15-11(22-12)14-10(18)8-21-13(19)17-6-4-9(2)5-7-17/h9H,3-8H2,1-2H3,(H,14,15,18). The summed E-state index contributed by atoms with van der Waals surface area (Å²) in [4.78, 5) is 14.1. The zero-order valence-electron chi connectivity index (χ0n) is 12.7. The number of piperidine rings is 1. The normalized spacial score (nSPS) is 15.8. The first kappa shape index (κ1) is 18.0. The molecule has 1 N–H and O–H groups in total. The number of rotatable bonds is 5. The van der Waals surface area contributed by atoms with Gasteiger partial charge in [-0.25, -0.2) is 0 Å². The lowest BCUT2D eigenvalue weighted by Crippen LogP contribution is -2.36. The first-order chi connectivity index (χ1) is 10.6. The molecule has 0 spiro atoms. The molecular formula is C13H20N4OS4. The molecular weight excluding hydrogens is 356 g/mol. The fourth-order valence-electron chi connectivity index (χ4n) is 2.01. The number of likely N-dealkylation sites (tertiary alicyclic amines) is 1. The van der Waals surface area contributed by atoms with E-state index in [2.05, 4.69) is 34.3 Å². The molecule has 0 bridgehead atoms. The van der Waals surface area contributed by atoms with E-state index in [1.54, 1.807) is 11.8 Å². The van der Waals surface area contributed by atoms with Crippen molar-refractivity contribution in [2.45, 2.75) is 31.0 Å². The van der Waals surface area contributed by atoms with Gasteiger partial charge in [0.15, 0.2) is 4.34 Å². The van der Waals surface area contributed by atoms with Crippen molar-refractivity contribution < 1.29 is 4.79 Å². The molecule has 0 aliphatic carbocycles. The van der Waals surface area contributed by atoms with Gasteiger partial charge >= 0.3 is 0 Å². The summed E-state index contributed by atoms with van der Waals surface area (Å²) in [6.07, 6.45) is 2.35. The minimum absolute atomic E-state index is 0.0816. The second-order valence-corrected chi connectivity index (χ2v) is 9.18. The molecule has 1 fully saturated rings. The molecule has 0 aromatic carbocycles. The van der Waals surface area contributed by atoms with Gasteiger partial charge in [-0.05, 0) is 24.5 Å². The summed E-state index contributed by atoms with van der Waals surface area (Å²) in [6, 6.07) is 0. The van der Waals surface area contributed by atoms with E-state index < -0.39 is 0 Å². The molecule has 122 valence electrons. The average molecular weight is 377 g/mol. The zero-order chi connectivity index (χ0) is 15.9. The second kappa shape index (κ2) is 9.05. The molecule has 1 amide bonds. The molecule has 9 heteroatoms. The molecule has 1 aromatic heterocycles. The number of carbonyl (C=O) groups excluding carboxylic acids is 1. The van der Waals surface area contributed by atoms with Gasteiger partial charge in [-0.15, -0.1) is 10.2 Å². The van der Waals surface area contributed by atoms with Crippen LogP contribution >= 0.6 is 47.1 Å². The molecule has 5 nitrogen and oxygen atoms in total. The topological polar surface area (TPSA) is 58.1 Å². The minimum Gasteiger partial charge on any atom is -0.357 e. The van der Waals surface area contributed by atoms with Crippen LogP contribution in [-0.4, -0.2) is 49.9 Å². The maximum absolute atomic E-state index is 11.9. The number of anilines is 1. The van der Waals surface area contributed by atoms with Crippen molar-refractivity contribution in [2.24, 2.45) is 5.92 Å². The summed E-state index contributed by atoms with van der Waals surface area (Å²) in [6.45, 7) is 6.34. The van der Waals surface area contributed by atoms with Crippen molar-refractivity contribution in [1.29, 1.82) is 0 Å². The molecule has 0 unspecified atom stereocenters. The quantitative estimate of drug-likeness (QED) is 0.480. The molecule has 1 aliphatic rings. The predicted molar refractivity (Wildman–Crippen MR) is 100.0 cm³/mol. The van der Waals surface area contributed by atoms with E-state index in [1.165, 1.54) is 35.9 Å². The van der Waals surface area contributed by atoms with Crippen LogP contribution in [0.25, 0.3) is 0 Å². The van der Waals surface area contributed by atoms with E-state index >= 15 is 0 Å². The minimum atomic E-state index is -0.0816. The van der Waals surface area contributed by atoms with Gasteiger partial charge in [0.2, 0.25) is 11.0 Å². The first-order valence-corrected chi connectivity index (χ1v) is 10.5. The Morgan fingerprint density at radius 2 is 2.18 bits per heavy atom. The van der Waals surface area contributed by atoms with E-state index in [-0.39, 0.29) is 5.91 Å². The van der Waals surface area contributed by atoms with Gasteiger partial charge in [0, 0.05) is 13.1 Å². The summed E-state index contributed by atoms with van der Waals surface area (Å²) in [5, 5.41) is 11.3. The van der Waals surface area contributed by atoms with Crippen LogP contribution in [0.5, 0.6) is 0 Å². The van der Waals surface area contributed by atoms with E-state index in [4.69, 9.17) is 12.2 Å². The second-order valence-electron chi connectivity index (χ2n) is 5.08. The molecule has 22 heavy (non-hydrogen) atoms. The predicted octanol–water partition coefficient (Wildman–Crippen LogP) is 3.34. The largest absolute Gasteiger partial charge is 0.357 e. The Labute approximate surface area is 149 Å². The van der Waals surface area contributed by atoms with Crippen molar-refractivity contribution in [1.82, 2.24) is 15.1 Å². The van der Waals surface area contributed by atoms with Crippen LogP contribution in [0, 0.1) is 5.92 Å². The Hall–Kier alpha value is -0.380. The number of nitrogens with zero attached hydrogens (tertiary/aromatic N) is 3. The Balaban J connectivity index is 1.71.